The first-order valence-corrected chi connectivity index (χ1v) is 13.8. The SMILES string of the molecule is CONS(=O)(=O)NOC.NS(N)(=O)=O.O=[N+]([O-])c1ccccc1CC(CCCCc1ccccc1)[N+](=O)[O-]. The number of nitrogens with one attached hydrogen (secondary N) is 2. The second-order valence-corrected chi connectivity index (χ2v) is 9.95. The van der Waals surface area contributed by atoms with Crippen LogP contribution in [0.5, 0.6) is 0 Å². The van der Waals surface area contributed by atoms with Gasteiger partial charge in [-0.2, -0.15) is 16.8 Å². The van der Waals surface area contributed by atoms with Gasteiger partial charge in [0.25, 0.3) is 15.9 Å². The molecule has 0 bridgehead atoms. The summed E-state index contributed by atoms with van der Waals surface area (Å²) in [6.07, 6.45) is 2.99. The highest BCUT2D eigenvalue weighted by molar-refractivity contribution is 7.87. The molecule has 214 valence electrons. The molecule has 0 radical (unpaired) electrons. The van der Waals surface area contributed by atoms with Crippen LogP contribution in [-0.2, 0) is 42.9 Å². The smallest absolute Gasteiger partial charge is 0.289 e. The molecular formula is C20H32N6O10S2. The summed E-state index contributed by atoms with van der Waals surface area (Å²) < 4.78 is 39.1. The summed E-state index contributed by atoms with van der Waals surface area (Å²) in [5, 5.41) is 30.5. The maximum atomic E-state index is 11.3. The molecule has 2 aromatic carbocycles. The Morgan fingerprint density at radius 3 is 1.84 bits per heavy atom. The third kappa shape index (κ3) is 18.2. The van der Waals surface area contributed by atoms with Gasteiger partial charge in [0.2, 0.25) is 6.04 Å². The lowest BCUT2D eigenvalue weighted by molar-refractivity contribution is -0.523. The van der Waals surface area contributed by atoms with Gasteiger partial charge >= 0.3 is 10.2 Å². The Morgan fingerprint density at radius 1 is 0.868 bits per heavy atom. The van der Waals surface area contributed by atoms with E-state index in [1.807, 2.05) is 30.3 Å². The molecule has 0 saturated carbocycles. The van der Waals surface area contributed by atoms with Crippen LogP contribution in [0, 0.1) is 20.2 Å². The minimum Gasteiger partial charge on any atom is -0.289 e. The van der Waals surface area contributed by atoms with E-state index in [-0.39, 0.29) is 17.0 Å². The molecular weight excluding hydrogens is 548 g/mol. The standard InChI is InChI=1S/C18H20N2O4.C2H8N2O4S.H4N2O2S/c21-19(22)17(12-6-4-10-15-8-2-1-3-9-15)14-16-11-5-7-13-18(16)20(23)24;1-7-3-9(5,6)4-8-2;1-5(2,3)4/h1-3,5,7-9,11,13,17H,4,6,10,12,14H2;3-4H,1-2H3;(H4,1,2,3,4). The van der Waals surface area contributed by atoms with E-state index in [1.54, 1.807) is 28.0 Å². The van der Waals surface area contributed by atoms with Crippen LogP contribution in [0.3, 0.4) is 0 Å². The zero-order valence-corrected chi connectivity index (χ0v) is 22.4. The average Bonchev–Trinajstić information content (AvgIpc) is 2.81. The Hall–Kier alpha value is -3.10. The van der Waals surface area contributed by atoms with Crippen molar-refractivity contribution in [3.63, 3.8) is 0 Å². The van der Waals surface area contributed by atoms with E-state index in [2.05, 4.69) is 20.0 Å². The zero-order valence-electron chi connectivity index (χ0n) is 20.8. The lowest BCUT2D eigenvalue weighted by atomic mass is 9.98. The second kappa shape index (κ2) is 18.2. The van der Waals surface area contributed by atoms with Gasteiger partial charge in [0.05, 0.1) is 19.1 Å². The molecule has 0 aliphatic heterocycles. The van der Waals surface area contributed by atoms with Crippen molar-refractivity contribution >= 4 is 26.1 Å². The number of para-hydroxylation sites is 1. The number of hydrogen-bond acceptors (Lipinski definition) is 10. The molecule has 0 heterocycles. The number of nitrogens with zero attached hydrogens (tertiary/aromatic N) is 2. The van der Waals surface area contributed by atoms with Crippen LogP contribution in [0.15, 0.2) is 54.6 Å². The first-order chi connectivity index (χ1) is 17.7. The molecule has 1 atom stereocenters. The van der Waals surface area contributed by atoms with E-state index in [1.165, 1.54) is 25.8 Å². The third-order valence-electron chi connectivity index (χ3n) is 4.42. The van der Waals surface area contributed by atoms with Crippen LogP contribution in [0.1, 0.15) is 30.4 Å². The van der Waals surface area contributed by atoms with E-state index in [9.17, 15) is 37.1 Å². The first-order valence-electron chi connectivity index (χ1n) is 10.7. The van der Waals surface area contributed by atoms with E-state index in [4.69, 9.17) is 0 Å². The topological polar surface area (TPSA) is 249 Å². The number of unbranched alkanes of at least 4 members (excludes halogenated alkanes) is 1. The lowest BCUT2D eigenvalue weighted by Crippen LogP contribution is -2.34. The number of nitro groups is 2. The largest absolute Gasteiger partial charge is 0.321 e. The summed E-state index contributed by atoms with van der Waals surface area (Å²) in [5.41, 5.74) is 1.59. The van der Waals surface area contributed by atoms with Crippen LogP contribution in [0.2, 0.25) is 0 Å². The van der Waals surface area contributed by atoms with E-state index >= 15 is 0 Å². The number of nitrogens with two attached hydrogens (primary N) is 2. The molecule has 0 spiro atoms. The summed E-state index contributed by atoms with van der Waals surface area (Å²) in [5.74, 6) is 0. The van der Waals surface area contributed by atoms with Crippen LogP contribution >= 0.6 is 0 Å². The van der Waals surface area contributed by atoms with Gasteiger partial charge in [-0.15, -0.1) is 0 Å². The van der Waals surface area contributed by atoms with Gasteiger partial charge in [0.15, 0.2) is 0 Å². The predicted molar refractivity (Wildman–Crippen MR) is 138 cm³/mol. The molecule has 0 aliphatic rings. The molecule has 0 amide bonds. The fourth-order valence-electron chi connectivity index (χ4n) is 2.99. The minimum absolute atomic E-state index is 0.0476. The van der Waals surface area contributed by atoms with Gasteiger partial charge in [-0.25, -0.2) is 10.3 Å². The minimum atomic E-state index is -3.67. The fraction of sp³-hybridized carbons (Fsp3) is 0.400. The van der Waals surface area contributed by atoms with Crippen LogP contribution < -0.4 is 20.0 Å². The first kappa shape index (κ1) is 34.9. The number of hydrogen-bond donors (Lipinski definition) is 4. The molecule has 2 aromatic rings. The number of benzene rings is 2. The molecule has 38 heavy (non-hydrogen) atoms. The Kier molecular flexibility index (Phi) is 16.7. The monoisotopic (exact) mass is 580 g/mol. The van der Waals surface area contributed by atoms with Crippen molar-refractivity contribution in [2.24, 2.45) is 10.3 Å². The normalized spacial score (nSPS) is 11.8. The van der Waals surface area contributed by atoms with Crippen LogP contribution in [0.4, 0.5) is 5.69 Å². The Labute approximate surface area is 220 Å². The maximum Gasteiger partial charge on any atom is 0.321 e. The molecule has 0 fully saturated rings. The van der Waals surface area contributed by atoms with E-state index in [0.29, 0.717) is 12.0 Å². The molecule has 0 aromatic heterocycles. The molecule has 2 rings (SSSR count). The van der Waals surface area contributed by atoms with Gasteiger partial charge in [0.1, 0.15) is 0 Å². The maximum absolute atomic E-state index is 11.3. The van der Waals surface area contributed by atoms with Crippen molar-refractivity contribution in [2.75, 3.05) is 14.2 Å². The summed E-state index contributed by atoms with van der Waals surface area (Å²) in [7, 11) is -4.94. The van der Waals surface area contributed by atoms with Gasteiger partial charge in [0, 0.05) is 29.4 Å². The number of aryl methyl sites for hydroxylation is 1. The van der Waals surface area contributed by atoms with Crippen molar-refractivity contribution in [3.8, 4) is 0 Å². The Bertz CT molecular complexity index is 1180. The summed E-state index contributed by atoms with van der Waals surface area (Å²) in [6, 6.07) is 15.4. The van der Waals surface area contributed by atoms with Crippen LogP contribution in [-0.4, -0.2) is 46.9 Å². The molecule has 0 aliphatic carbocycles. The van der Waals surface area contributed by atoms with Gasteiger partial charge in [-0.1, -0.05) is 58.3 Å². The lowest BCUT2D eigenvalue weighted by Gasteiger charge is -2.10. The molecule has 6 N–H and O–H groups in total. The van der Waals surface area contributed by atoms with Crippen LogP contribution in [0.25, 0.3) is 0 Å². The Balaban J connectivity index is 0.000000808. The fourth-order valence-corrected chi connectivity index (χ4v) is 3.46. The van der Waals surface area contributed by atoms with Crippen molar-refractivity contribution in [1.82, 2.24) is 9.77 Å². The van der Waals surface area contributed by atoms with Gasteiger partial charge in [-0.3, -0.25) is 29.9 Å². The Morgan fingerprint density at radius 2 is 1.37 bits per heavy atom. The number of nitro benzene ring substituents is 1. The molecule has 0 saturated heterocycles. The molecule has 16 nitrogen and oxygen atoms in total. The summed E-state index contributed by atoms with van der Waals surface area (Å²) in [4.78, 5) is 33.0. The zero-order chi connectivity index (χ0) is 29.2. The summed E-state index contributed by atoms with van der Waals surface area (Å²) >= 11 is 0. The molecule has 1 unspecified atom stereocenters. The van der Waals surface area contributed by atoms with Gasteiger partial charge in [-0.05, 0) is 24.8 Å². The number of rotatable bonds is 13. The highest BCUT2D eigenvalue weighted by Crippen LogP contribution is 2.22. The van der Waals surface area contributed by atoms with Crippen molar-refractivity contribution in [1.29, 1.82) is 0 Å². The van der Waals surface area contributed by atoms with E-state index in [0.717, 1.165) is 19.3 Å². The third-order valence-corrected chi connectivity index (χ3v) is 5.20. The van der Waals surface area contributed by atoms with Crippen molar-refractivity contribution < 1.29 is 36.4 Å². The predicted octanol–water partition coefficient (Wildman–Crippen LogP) is 0.877. The quantitative estimate of drug-likeness (QED) is 0.148. The molecule has 18 heteroatoms. The van der Waals surface area contributed by atoms with E-state index < -0.39 is 31.4 Å². The summed E-state index contributed by atoms with van der Waals surface area (Å²) in [6.45, 7) is 0. The average molecular weight is 581 g/mol. The van der Waals surface area contributed by atoms with Crippen molar-refractivity contribution in [3.05, 3.63) is 86.0 Å². The highest BCUT2D eigenvalue weighted by Gasteiger charge is 2.24. The van der Waals surface area contributed by atoms with Gasteiger partial charge < -0.3 is 0 Å². The second-order valence-electron chi connectivity index (χ2n) is 7.43. The van der Waals surface area contributed by atoms with Crippen molar-refractivity contribution in [2.45, 2.75) is 38.1 Å². The highest BCUT2D eigenvalue weighted by atomic mass is 32.2.